The third kappa shape index (κ3) is 1.37. The zero-order valence-electron chi connectivity index (χ0n) is 9.69. The summed E-state index contributed by atoms with van der Waals surface area (Å²) in [7, 11) is -4.09. The molecule has 0 amide bonds. The van der Waals surface area contributed by atoms with Gasteiger partial charge < -0.3 is 0 Å². The molecule has 5 heteroatoms. The normalized spacial score (nSPS) is 42.9. The molecule has 0 spiro atoms. The third-order valence-corrected chi connectivity index (χ3v) is 5.90. The summed E-state index contributed by atoms with van der Waals surface area (Å²) in [5.41, 5.74) is -1.07. The van der Waals surface area contributed by atoms with E-state index < -0.39 is 15.5 Å². The van der Waals surface area contributed by atoms with E-state index in [1.165, 1.54) is 0 Å². The van der Waals surface area contributed by atoms with E-state index in [0.717, 1.165) is 12.8 Å². The summed E-state index contributed by atoms with van der Waals surface area (Å²) in [6.07, 6.45) is 2.80. The summed E-state index contributed by atoms with van der Waals surface area (Å²) in [6.45, 7) is 4.00. The quantitative estimate of drug-likeness (QED) is 0.769. The molecule has 2 fully saturated rings. The van der Waals surface area contributed by atoms with Crippen molar-refractivity contribution in [3.63, 3.8) is 0 Å². The van der Waals surface area contributed by atoms with Crippen LogP contribution in [-0.2, 0) is 14.9 Å². The van der Waals surface area contributed by atoms with Crippen molar-refractivity contribution in [1.29, 1.82) is 0 Å². The highest BCUT2D eigenvalue weighted by Gasteiger charge is 2.66. The summed E-state index contributed by atoms with van der Waals surface area (Å²) in [4.78, 5) is 12.0. The van der Waals surface area contributed by atoms with Crippen molar-refractivity contribution < 1.29 is 17.8 Å². The largest absolute Gasteiger partial charge is 0.299 e. The second-order valence-electron chi connectivity index (χ2n) is 5.44. The van der Waals surface area contributed by atoms with Crippen LogP contribution < -0.4 is 0 Å². The van der Waals surface area contributed by atoms with E-state index in [9.17, 15) is 13.2 Å². The van der Waals surface area contributed by atoms with Gasteiger partial charge in [-0.2, -0.15) is 8.42 Å². The molecule has 4 nitrogen and oxygen atoms in total. The Kier molecular flexibility index (Phi) is 2.48. The average molecular weight is 246 g/mol. The molecule has 2 aliphatic rings. The first kappa shape index (κ1) is 12.0. The number of ketones is 1. The van der Waals surface area contributed by atoms with Gasteiger partial charge in [-0.05, 0) is 30.6 Å². The minimum absolute atomic E-state index is 0.0331. The molecule has 2 unspecified atom stereocenters. The Morgan fingerprint density at radius 1 is 1.50 bits per heavy atom. The number of carbonyl (C=O) groups is 1. The Bertz CT molecular complexity index is 427. The van der Waals surface area contributed by atoms with Crippen molar-refractivity contribution >= 4 is 15.9 Å². The first-order valence-corrected chi connectivity index (χ1v) is 7.34. The fraction of sp³-hybridized carbons (Fsp3) is 0.909. The predicted octanol–water partition coefficient (Wildman–Crippen LogP) is 1.66. The van der Waals surface area contributed by atoms with Crippen LogP contribution in [-0.4, -0.2) is 24.5 Å². The SMILES string of the molecule is CCC1(C)C2CC[C@]1(CS(=O)(=O)O)C(=O)C2. The van der Waals surface area contributed by atoms with Crippen LogP contribution in [0.15, 0.2) is 0 Å². The van der Waals surface area contributed by atoms with Gasteiger partial charge in [0.25, 0.3) is 10.1 Å². The van der Waals surface area contributed by atoms with Crippen LogP contribution >= 0.6 is 0 Å². The molecular weight excluding hydrogens is 228 g/mol. The smallest absolute Gasteiger partial charge is 0.265 e. The van der Waals surface area contributed by atoms with Gasteiger partial charge in [0.1, 0.15) is 5.78 Å². The number of Topliss-reactive ketones (excluding diaryl/α,β-unsaturated/α-hetero) is 1. The van der Waals surface area contributed by atoms with Crippen molar-refractivity contribution in [3.8, 4) is 0 Å². The van der Waals surface area contributed by atoms with E-state index in [2.05, 4.69) is 0 Å². The minimum atomic E-state index is -4.09. The van der Waals surface area contributed by atoms with Gasteiger partial charge in [-0.15, -0.1) is 0 Å². The Hall–Kier alpha value is -0.420. The molecule has 0 radical (unpaired) electrons. The minimum Gasteiger partial charge on any atom is -0.299 e. The van der Waals surface area contributed by atoms with Crippen molar-refractivity contribution in [2.75, 3.05) is 5.75 Å². The van der Waals surface area contributed by atoms with Crippen LogP contribution in [0.1, 0.15) is 39.5 Å². The summed E-state index contributed by atoms with van der Waals surface area (Å²) < 4.78 is 31.3. The molecule has 2 aliphatic carbocycles. The van der Waals surface area contributed by atoms with Crippen LogP contribution in [0.5, 0.6) is 0 Å². The van der Waals surface area contributed by atoms with E-state index in [-0.39, 0.29) is 17.0 Å². The van der Waals surface area contributed by atoms with Crippen LogP contribution in [0.3, 0.4) is 0 Å². The van der Waals surface area contributed by atoms with Gasteiger partial charge in [-0.25, -0.2) is 0 Å². The molecule has 0 aromatic carbocycles. The molecule has 2 rings (SSSR count). The molecule has 0 aromatic rings. The molecule has 16 heavy (non-hydrogen) atoms. The summed E-state index contributed by atoms with van der Waals surface area (Å²) in [5, 5.41) is 0. The highest BCUT2D eigenvalue weighted by molar-refractivity contribution is 7.85. The summed E-state index contributed by atoms with van der Waals surface area (Å²) in [6, 6.07) is 0. The van der Waals surface area contributed by atoms with Gasteiger partial charge in [-0.3, -0.25) is 9.35 Å². The maximum atomic E-state index is 12.0. The van der Waals surface area contributed by atoms with Gasteiger partial charge in [0.15, 0.2) is 0 Å². The fourth-order valence-corrected chi connectivity index (χ4v) is 5.13. The lowest BCUT2D eigenvalue weighted by atomic mass is 9.67. The van der Waals surface area contributed by atoms with Crippen molar-refractivity contribution in [2.45, 2.75) is 39.5 Å². The third-order valence-electron chi connectivity index (χ3n) is 5.04. The molecule has 0 aliphatic heterocycles. The van der Waals surface area contributed by atoms with Crippen LogP contribution in [0.25, 0.3) is 0 Å². The second-order valence-corrected chi connectivity index (χ2v) is 6.89. The lowest BCUT2D eigenvalue weighted by molar-refractivity contribution is -0.128. The van der Waals surface area contributed by atoms with Crippen LogP contribution in [0.2, 0.25) is 0 Å². The standard InChI is InChI=1S/C11H18O4S/c1-3-10(2)8-4-5-11(10,9(12)6-8)7-16(13,14)15/h8H,3-7H2,1-2H3,(H,13,14,15)/t8?,10?,11-/m0/s1. The van der Waals surface area contributed by atoms with Crippen LogP contribution in [0, 0.1) is 16.7 Å². The molecule has 2 bridgehead atoms. The molecule has 0 heterocycles. The summed E-state index contributed by atoms with van der Waals surface area (Å²) in [5.74, 6) is -0.0582. The second kappa shape index (κ2) is 3.29. The highest BCUT2D eigenvalue weighted by Crippen LogP contribution is 2.65. The molecule has 92 valence electrons. The Morgan fingerprint density at radius 2 is 2.12 bits per heavy atom. The zero-order valence-corrected chi connectivity index (χ0v) is 10.5. The van der Waals surface area contributed by atoms with Gasteiger partial charge in [0.2, 0.25) is 0 Å². The molecule has 0 saturated heterocycles. The number of rotatable bonds is 3. The van der Waals surface area contributed by atoms with Crippen molar-refractivity contribution in [2.24, 2.45) is 16.7 Å². The summed E-state index contributed by atoms with van der Waals surface area (Å²) >= 11 is 0. The van der Waals surface area contributed by atoms with E-state index in [0.29, 0.717) is 18.8 Å². The van der Waals surface area contributed by atoms with Crippen molar-refractivity contribution in [1.82, 2.24) is 0 Å². The topological polar surface area (TPSA) is 71.4 Å². The first-order valence-electron chi connectivity index (χ1n) is 5.74. The average Bonchev–Trinajstić information content (AvgIpc) is 2.51. The number of hydrogen-bond donors (Lipinski definition) is 1. The molecule has 1 N–H and O–H groups in total. The lowest BCUT2D eigenvalue weighted by Crippen LogP contribution is -2.43. The number of fused-ring (bicyclic) bond motifs is 2. The first-order chi connectivity index (χ1) is 7.25. The highest BCUT2D eigenvalue weighted by atomic mass is 32.2. The molecule has 0 aromatic heterocycles. The van der Waals surface area contributed by atoms with Crippen LogP contribution in [0.4, 0.5) is 0 Å². The lowest BCUT2D eigenvalue weighted by Gasteiger charge is -2.37. The number of hydrogen-bond acceptors (Lipinski definition) is 3. The van der Waals surface area contributed by atoms with E-state index in [1.807, 2.05) is 13.8 Å². The maximum Gasteiger partial charge on any atom is 0.265 e. The Labute approximate surface area is 96.2 Å². The fourth-order valence-electron chi connectivity index (χ4n) is 3.88. The number of carbonyl (C=O) groups excluding carboxylic acids is 1. The van der Waals surface area contributed by atoms with Gasteiger partial charge in [-0.1, -0.05) is 13.8 Å². The monoisotopic (exact) mass is 246 g/mol. The zero-order chi connectivity index (χ0) is 12.2. The Morgan fingerprint density at radius 3 is 2.56 bits per heavy atom. The predicted molar refractivity (Wildman–Crippen MR) is 59.6 cm³/mol. The van der Waals surface area contributed by atoms with Gasteiger partial charge in [0, 0.05) is 6.42 Å². The van der Waals surface area contributed by atoms with E-state index in [1.54, 1.807) is 0 Å². The van der Waals surface area contributed by atoms with E-state index in [4.69, 9.17) is 4.55 Å². The van der Waals surface area contributed by atoms with Gasteiger partial charge in [0.05, 0.1) is 11.2 Å². The Balaban J connectivity index is 2.47. The van der Waals surface area contributed by atoms with E-state index >= 15 is 0 Å². The molecule has 2 saturated carbocycles. The van der Waals surface area contributed by atoms with Crippen molar-refractivity contribution in [3.05, 3.63) is 0 Å². The van der Waals surface area contributed by atoms with Gasteiger partial charge >= 0.3 is 0 Å². The molecule has 3 atom stereocenters. The molecular formula is C11H18O4S. The maximum absolute atomic E-state index is 12.0.